The first-order chi connectivity index (χ1) is 16.0. The fourth-order valence-electron chi connectivity index (χ4n) is 4.48. The third-order valence-corrected chi connectivity index (χ3v) is 6.46. The van der Waals surface area contributed by atoms with E-state index in [-0.39, 0.29) is 30.4 Å². The molecule has 0 radical (unpaired) electrons. The molecule has 2 N–H and O–H groups in total. The van der Waals surface area contributed by atoms with Crippen LogP contribution in [0.25, 0.3) is 0 Å². The Labute approximate surface area is 193 Å². The first kappa shape index (κ1) is 23.2. The summed E-state index contributed by atoms with van der Waals surface area (Å²) < 4.78 is 10.7. The van der Waals surface area contributed by atoms with E-state index in [0.29, 0.717) is 43.8 Å². The highest BCUT2D eigenvalue weighted by Crippen LogP contribution is 2.22. The Morgan fingerprint density at radius 1 is 1.21 bits per heavy atom. The monoisotopic (exact) mass is 453 g/mol. The number of ketones is 1. The number of rotatable bonds is 7. The molecule has 1 fully saturated rings. The van der Waals surface area contributed by atoms with Gasteiger partial charge in [0.1, 0.15) is 6.10 Å². The molecule has 1 saturated heterocycles. The Kier molecular flexibility index (Phi) is 7.57. The van der Waals surface area contributed by atoms with Crippen molar-refractivity contribution in [2.24, 2.45) is 0 Å². The molecule has 176 valence electrons. The van der Waals surface area contributed by atoms with E-state index in [9.17, 15) is 14.7 Å². The summed E-state index contributed by atoms with van der Waals surface area (Å²) in [6.07, 6.45) is 3.35. The number of fused-ring (bicyclic) bond motifs is 1. The maximum atomic E-state index is 12.8. The van der Waals surface area contributed by atoms with Gasteiger partial charge < -0.3 is 24.8 Å². The maximum absolute atomic E-state index is 12.8. The van der Waals surface area contributed by atoms with Crippen LogP contribution in [0.3, 0.4) is 0 Å². The largest absolute Gasteiger partial charge is 0.474 e. The normalized spacial score (nSPS) is 19.5. The number of aliphatic hydroxyl groups is 1. The quantitative estimate of drug-likeness (QED) is 0.622. The number of ether oxygens (including phenoxy) is 2. The van der Waals surface area contributed by atoms with Crippen molar-refractivity contribution in [3.05, 3.63) is 59.3 Å². The minimum Gasteiger partial charge on any atom is -0.474 e. The molecular weight excluding hydrogens is 422 g/mol. The highest BCUT2D eigenvalue weighted by atomic mass is 16.5. The molecule has 1 aromatic carbocycles. The summed E-state index contributed by atoms with van der Waals surface area (Å²) in [5.41, 5.74) is 3.04. The Bertz CT molecular complexity index is 974. The van der Waals surface area contributed by atoms with E-state index < -0.39 is 6.10 Å². The number of nitrogens with zero attached hydrogens (tertiary/aromatic N) is 2. The zero-order chi connectivity index (χ0) is 23.2. The second-order valence-corrected chi connectivity index (χ2v) is 8.65. The SMILES string of the molecule is COC(=O)N1CCC(Oc2cc(C(=O)CC[C@@H](O)[C@@H]3Cc4ccccc4CN3)ccn2)CC1. The number of piperidine rings is 1. The van der Waals surface area contributed by atoms with Crippen molar-refractivity contribution in [3.8, 4) is 5.88 Å². The minimum atomic E-state index is -0.597. The lowest BCUT2D eigenvalue weighted by Gasteiger charge is -2.30. The van der Waals surface area contributed by atoms with Gasteiger partial charge in [-0.15, -0.1) is 0 Å². The van der Waals surface area contributed by atoms with E-state index in [0.717, 1.165) is 13.0 Å². The number of nitrogens with one attached hydrogen (secondary N) is 1. The molecule has 33 heavy (non-hydrogen) atoms. The minimum absolute atomic E-state index is 0.0435. The van der Waals surface area contributed by atoms with E-state index in [1.807, 2.05) is 12.1 Å². The van der Waals surface area contributed by atoms with Crippen molar-refractivity contribution in [1.29, 1.82) is 0 Å². The van der Waals surface area contributed by atoms with Crippen LogP contribution >= 0.6 is 0 Å². The van der Waals surface area contributed by atoms with Crippen LogP contribution in [-0.4, -0.2) is 65.3 Å². The van der Waals surface area contributed by atoms with Crippen molar-refractivity contribution in [2.45, 2.75) is 56.9 Å². The summed E-state index contributed by atoms with van der Waals surface area (Å²) in [5.74, 6) is 0.362. The number of hydrogen-bond donors (Lipinski definition) is 2. The van der Waals surface area contributed by atoms with Gasteiger partial charge in [-0.1, -0.05) is 24.3 Å². The number of hydrogen-bond acceptors (Lipinski definition) is 7. The van der Waals surface area contributed by atoms with Crippen molar-refractivity contribution >= 4 is 11.9 Å². The number of likely N-dealkylation sites (tertiary alicyclic amines) is 1. The van der Waals surface area contributed by atoms with Crippen LogP contribution in [0.5, 0.6) is 5.88 Å². The molecule has 8 nitrogen and oxygen atoms in total. The van der Waals surface area contributed by atoms with Crippen LogP contribution in [0, 0.1) is 0 Å². The molecule has 4 rings (SSSR count). The van der Waals surface area contributed by atoms with E-state index >= 15 is 0 Å². The van der Waals surface area contributed by atoms with Crippen LogP contribution in [-0.2, 0) is 17.7 Å². The fourth-order valence-corrected chi connectivity index (χ4v) is 4.48. The fraction of sp³-hybridized carbons (Fsp3) is 0.480. The number of amides is 1. The van der Waals surface area contributed by atoms with Crippen molar-refractivity contribution in [3.63, 3.8) is 0 Å². The number of benzene rings is 1. The number of carbonyl (C=O) groups excluding carboxylic acids is 2. The zero-order valence-corrected chi connectivity index (χ0v) is 18.9. The van der Waals surface area contributed by atoms with Crippen LogP contribution in [0.15, 0.2) is 42.6 Å². The Balaban J connectivity index is 1.26. The van der Waals surface area contributed by atoms with E-state index in [4.69, 9.17) is 9.47 Å². The number of aliphatic hydroxyl groups excluding tert-OH is 1. The Morgan fingerprint density at radius 3 is 2.73 bits per heavy atom. The van der Waals surface area contributed by atoms with Crippen LogP contribution in [0.2, 0.25) is 0 Å². The first-order valence-electron chi connectivity index (χ1n) is 11.5. The number of aromatic nitrogens is 1. The van der Waals surface area contributed by atoms with Gasteiger partial charge in [0.05, 0.1) is 13.2 Å². The van der Waals surface area contributed by atoms with Gasteiger partial charge >= 0.3 is 6.09 Å². The highest BCUT2D eigenvalue weighted by molar-refractivity contribution is 5.96. The molecule has 3 heterocycles. The van der Waals surface area contributed by atoms with Gasteiger partial charge in [0.25, 0.3) is 0 Å². The molecule has 1 aromatic heterocycles. The number of methoxy groups -OCH3 is 1. The predicted molar refractivity (Wildman–Crippen MR) is 122 cm³/mol. The van der Waals surface area contributed by atoms with Crippen molar-refractivity contribution in [2.75, 3.05) is 20.2 Å². The molecule has 2 aliphatic rings. The Hall–Kier alpha value is -2.97. The number of Topliss-reactive ketones (excluding diaryl/α,β-unsaturated/α-hetero) is 1. The molecule has 1 amide bonds. The Morgan fingerprint density at radius 2 is 1.97 bits per heavy atom. The van der Waals surface area contributed by atoms with Gasteiger partial charge in [0.15, 0.2) is 5.78 Å². The van der Waals surface area contributed by atoms with Gasteiger partial charge in [-0.05, 0) is 30.0 Å². The lowest BCUT2D eigenvalue weighted by Crippen LogP contribution is -2.44. The molecule has 0 spiro atoms. The average molecular weight is 454 g/mol. The summed E-state index contributed by atoms with van der Waals surface area (Å²) in [6, 6.07) is 11.5. The summed E-state index contributed by atoms with van der Waals surface area (Å²) >= 11 is 0. The van der Waals surface area contributed by atoms with Crippen molar-refractivity contribution in [1.82, 2.24) is 15.2 Å². The van der Waals surface area contributed by atoms with Gasteiger partial charge in [-0.3, -0.25) is 4.79 Å². The lowest BCUT2D eigenvalue weighted by atomic mass is 9.91. The summed E-state index contributed by atoms with van der Waals surface area (Å²) in [6.45, 7) is 1.86. The summed E-state index contributed by atoms with van der Waals surface area (Å²) in [5, 5.41) is 14.0. The van der Waals surface area contributed by atoms with E-state index in [1.165, 1.54) is 18.2 Å². The molecule has 8 heteroatoms. The van der Waals surface area contributed by atoms with E-state index in [1.54, 1.807) is 23.2 Å². The topological polar surface area (TPSA) is 101 Å². The van der Waals surface area contributed by atoms with Crippen molar-refractivity contribution < 1.29 is 24.2 Å². The summed E-state index contributed by atoms with van der Waals surface area (Å²) in [7, 11) is 1.38. The second-order valence-electron chi connectivity index (χ2n) is 8.65. The lowest BCUT2D eigenvalue weighted by molar-refractivity contribution is 0.0768. The number of carbonyl (C=O) groups is 2. The molecule has 2 aliphatic heterocycles. The zero-order valence-electron chi connectivity index (χ0n) is 18.9. The van der Waals surface area contributed by atoms with Gasteiger partial charge in [-0.25, -0.2) is 9.78 Å². The smallest absolute Gasteiger partial charge is 0.409 e. The van der Waals surface area contributed by atoms with Gasteiger partial charge in [0, 0.05) is 62.8 Å². The second kappa shape index (κ2) is 10.8. The third-order valence-electron chi connectivity index (χ3n) is 6.46. The first-order valence-corrected chi connectivity index (χ1v) is 11.5. The molecule has 0 aliphatic carbocycles. The third kappa shape index (κ3) is 5.89. The van der Waals surface area contributed by atoms with Gasteiger partial charge in [0.2, 0.25) is 5.88 Å². The number of pyridine rings is 1. The summed E-state index contributed by atoms with van der Waals surface area (Å²) in [4.78, 5) is 30.2. The highest BCUT2D eigenvalue weighted by Gasteiger charge is 2.26. The molecular formula is C25H31N3O5. The maximum Gasteiger partial charge on any atom is 0.409 e. The molecule has 0 bridgehead atoms. The predicted octanol–water partition coefficient (Wildman–Crippen LogP) is 2.73. The molecule has 0 unspecified atom stereocenters. The average Bonchev–Trinajstić information content (AvgIpc) is 2.87. The van der Waals surface area contributed by atoms with Crippen LogP contribution < -0.4 is 10.1 Å². The molecule has 0 saturated carbocycles. The van der Waals surface area contributed by atoms with Gasteiger partial charge in [-0.2, -0.15) is 0 Å². The van der Waals surface area contributed by atoms with Crippen LogP contribution in [0.4, 0.5) is 4.79 Å². The molecule has 2 atom stereocenters. The van der Waals surface area contributed by atoms with E-state index in [2.05, 4.69) is 22.4 Å². The van der Waals surface area contributed by atoms with Crippen LogP contribution in [0.1, 0.15) is 47.2 Å². The standard InChI is InChI=1S/C25H31N3O5/c1-32-25(31)28-12-9-20(10-13-28)33-24-15-18(8-11-26-24)22(29)6-7-23(30)21-14-17-4-2-3-5-19(17)16-27-21/h2-5,8,11,15,20-21,23,27,30H,6-7,9-10,12-14,16H2,1H3/t21-,23+/m0/s1. The molecule has 2 aromatic rings.